The van der Waals surface area contributed by atoms with Gasteiger partial charge in [0.25, 0.3) is 0 Å². The molecular formula is C26H24F3N5O4S. The van der Waals surface area contributed by atoms with E-state index in [1.54, 1.807) is 23.7 Å². The fourth-order valence-corrected chi connectivity index (χ4v) is 5.81. The number of alkyl halides is 3. The Morgan fingerprint density at radius 3 is 2.59 bits per heavy atom. The van der Waals surface area contributed by atoms with E-state index in [9.17, 15) is 18.3 Å². The largest absolute Gasteiger partial charge is 0.490 e. The number of carbonyl (C=O) groups is 1. The van der Waals surface area contributed by atoms with E-state index in [4.69, 9.17) is 20.1 Å². The minimum atomic E-state index is -5.08. The molecule has 0 bridgehead atoms. The number of rotatable bonds is 3. The van der Waals surface area contributed by atoms with Crippen molar-refractivity contribution in [3.05, 3.63) is 48.0 Å². The molecule has 9 nitrogen and oxygen atoms in total. The van der Waals surface area contributed by atoms with E-state index in [0.717, 1.165) is 63.6 Å². The molecule has 0 aliphatic heterocycles. The molecular weight excluding hydrogens is 535 g/mol. The lowest BCUT2D eigenvalue weighted by molar-refractivity contribution is -0.192. The zero-order chi connectivity index (χ0) is 27.9. The number of nitrogen functional groups attached to an aromatic ring is 1. The molecule has 0 saturated heterocycles. The second kappa shape index (κ2) is 10.3. The molecule has 0 unspecified atom stereocenters. The third kappa shape index (κ3) is 5.32. The van der Waals surface area contributed by atoms with Crippen molar-refractivity contribution in [2.24, 2.45) is 0 Å². The van der Waals surface area contributed by atoms with Crippen LogP contribution in [0.3, 0.4) is 0 Å². The maximum atomic E-state index is 10.6. The van der Waals surface area contributed by atoms with Crippen LogP contribution >= 0.6 is 11.3 Å². The Labute approximate surface area is 223 Å². The first-order valence-electron chi connectivity index (χ1n) is 12.1. The maximum absolute atomic E-state index is 10.6. The Morgan fingerprint density at radius 2 is 1.90 bits per heavy atom. The minimum absolute atomic E-state index is 0.181. The number of hydrogen-bond donors (Lipinski definition) is 3. The fourth-order valence-electron chi connectivity index (χ4n) is 4.78. The molecule has 0 amide bonds. The lowest BCUT2D eigenvalue weighted by Gasteiger charge is -2.25. The van der Waals surface area contributed by atoms with E-state index >= 15 is 0 Å². The Balaban J connectivity index is 0.000000392. The number of nitrogens with two attached hydrogens (primary N) is 1. The molecule has 204 valence electrons. The first kappa shape index (κ1) is 26.6. The molecule has 1 aliphatic rings. The lowest BCUT2D eigenvalue weighted by Crippen LogP contribution is -2.21. The van der Waals surface area contributed by atoms with Gasteiger partial charge in [-0.15, -0.1) is 11.3 Å². The zero-order valence-electron chi connectivity index (χ0n) is 20.6. The molecule has 6 rings (SSSR count). The molecule has 13 heteroatoms. The molecule has 1 aliphatic carbocycles. The van der Waals surface area contributed by atoms with Gasteiger partial charge in [0, 0.05) is 57.1 Å². The van der Waals surface area contributed by atoms with Crippen molar-refractivity contribution in [1.29, 1.82) is 0 Å². The van der Waals surface area contributed by atoms with Crippen molar-refractivity contribution in [2.75, 3.05) is 5.73 Å². The highest BCUT2D eigenvalue weighted by Gasteiger charge is 2.38. The SMILES string of the molecule is Cc1sc2cnccc2c1-c1cc2c(-c3cnn([C@H]4CC[C@H](O)CC4)c3)cnc(N)c2o1.O=C(O)C(F)(F)F. The van der Waals surface area contributed by atoms with Crippen molar-refractivity contribution in [3.8, 4) is 22.5 Å². The van der Waals surface area contributed by atoms with Crippen molar-refractivity contribution in [1.82, 2.24) is 19.7 Å². The van der Waals surface area contributed by atoms with Crippen molar-refractivity contribution < 1.29 is 32.6 Å². The maximum Gasteiger partial charge on any atom is 0.490 e. The number of furan rings is 1. The monoisotopic (exact) mass is 559 g/mol. The molecule has 1 saturated carbocycles. The number of aliphatic hydroxyl groups is 1. The van der Waals surface area contributed by atoms with Gasteiger partial charge in [0.15, 0.2) is 11.4 Å². The van der Waals surface area contributed by atoms with Crippen molar-refractivity contribution >= 4 is 44.2 Å². The number of aryl methyl sites for hydroxylation is 1. The second-order valence-electron chi connectivity index (χ2n) is 9.29. The zero-order valence-corrected chi connectivity index (χ0v) is 21.5. The van der Waals surface area contributed by atoms with Gasteiger partial charge in [-0.25, -0.2) is 9.78 Å². The van der Waals surface area contributed by atoms with Gasteiger partial charge in [0.05, 0.1) is 23.0 Å². The Kier molecular flexibility index (Phi) is 7.03. The van der Waals surface area contributed by atoms with Crippen LogP contribution in [0.1, 0.15) is 36.6 Å². The van der Waals surface area contributed by atoms with E-state index in [1.807, 2.05) is 23.1 Å². The molecule has 5 aromatic heterocycles. The van der Waals surface area contributed by atoms with Crippen LogP contribution in [0.4, 0.5) is 19.0 Å². The normalized spacial score (nSPS) is 17.8. The number of aromatic nitrogens is 4. The minimum Gasteiger partial charge on any atom is -0.475 e. The molecule has 5 aromatic rings. The number of anilines is 1. The Hall–Kier alpha value is -3.97. The Morgan fingerprint density at radius 1 is 1.18 bits per heavy atom. The number of carboxylic acids is 1. The van der Waals surface area contributed by atoms with Crippen LogP contribution in [0.15, 0.2) is 47.5 Å². The summed E-state index contributed by atoms with van der Waals surface area (Å²) in [6.45, 7) is 2.10. The summed E-state index contributed by atoms with van der Waals surface area (Å²) in [6, 6.07) is 4.40. The number of halogens is 3. The summed E-state index contributed by atoms with van der Waals surface area (Å²) >= 11 is 1.71. The number of carboxylic acid groups (broad SMARTS) is 1. The lowest BCUT2D eigenvalue weighted by atomic mass is 9.93. The summed E-state index contributed by atoms with van der Waals surface area (Å²) in [7, 11) is 0. The number of thiophene rings is 1. The van der Waals surface area contributed by atoms with Gasteiger partial charge < -0.3 is 20.4 Å². The van der Waals surface area contributed by atoms with Gasteiger partial charge in [-0.05, 0) is 44.7 Å². The number of pyridine rings is 2. The summed E-state index contributed by atoms with van der Waals surface area (Å²) in [4.78, 5) is 18.7. The highest BCUT2D eigenvalue weighted by molar-refractivity contribution is 7.19. The standard InChI is InChI=1S/C24H23N5O2S.C2HF3O2/c1-13-22(17-6-7-26-11-21(17)32-13)20-8-18-19(10-27-24(25)23(18)31-20)14-9-28-29(12-14)15-2-4-16(30)5-3-15;3-2(4,5)1(6)7/h6-12,15-16,30H,2-5H2,1H3,(H2,25,27);(H,6,7)/t15-,16-;. The van der Waals surface area contributed by atoms with Gasteiger partial charge in [0.1, 0.15) is 5.76 Å². The van der Waals surface area contributed by atoms with Crippen molar-refractivity contribution in [2.45, 2.75) is 50.9 Å². The average molecular weight is 560 g/mol. The summed E-state index contributed by atoms with van der Waals surface area (Å²) in [5.41, 5.74) is 9.80. The Bertz CT molecular complexity index is 1650. The van der Waals surface area contributed by atoms with Gasteiger partial charge in [0.2, 0.25) is 0 Å². The fraction of sp³-hybridized carbons (Fsp3) is 0.308. The van der Waals surface area contributed by atoms with Gasteiger partial charge >= 0.3 is 12.1 Å². The summed E-state index contributed by atoms with van der Waals surface area (Å²) in [6.07, 6.45) is 7.69. The van der Waals surface area contributed by atoms with Crippen molar-refractivity contribution in [3.63, 3.8) is 0 Å². The van der Waals surface area contributed by atoms with Crippen LogP contribution in [0.25, 0.3) is 43.5 Å². The molecule has 0 spiro atoms. The van der Waals surface area contributed by atoms with Crippen LogP contribution in [0, 0.1) is 6.92 Å². The van der Waals surface area contributed by atoms with E-state index in [1.165, 1.54) is 4.88 Å². The van der Waals surface area contributed by atoms with Crippen LogP contribution in [-0.4, -0.2) is 48.2 Å². The third-order valence-corrected chi connectivity index (χ3v) is 7.75. The average Bonchev–Trinajstić information content (AvgIpc) is 3.61. The molecule has 39 heavy (non-hydrogen) atoms. The third-order valence-electron chi connectivity index (χ3n) is 6.70. The first-order chi connectivity index (χ1) is 18.5. The number of aliphatic carboxylic acids is 1. The highest BCUT2D eigenvalue weighted by Crippen LogP contribution is 2.42. The van der Waals surface area contributed by atoms with E-state index in [0.29, 0.717) is 17.4 Å². The highest BCUT2D eigenvalue weighted by atomic mass is 32.1. The van der Waals surface area contributed by atoms with Crippen LogP contribution in [-0.2, 0) is 4.79 Å². The summed E-state index contributed by atoms with van der Waals surface area (Å²) < 4.78 is 41.2. The van der Waals surface area contributed by atoms with Gasteiger partial charge in [-0.1, -0.05) is 0 Å². The van der Waals surface area contributed by atoms with Crippen LogP contribution in [0.2, 0.25) is 0 Å². The first-order valence-corrected chi connectivity index (χ1v) is 12.9. The van der Waals surface area contributed by atoms with Gasteiger partial charge in [-0.3, -0.25) is 9.67 Å². The molecule has 4 N–H and O–H groups in total. The second-order valence-corrected chi connectivity index (χ2v) is 10.5. The molecule has 0 radical (unpaired) electrons. The van der Waals surface area contributed by atoms with E-state index in [2.05, 4.69) is 34.3 Å². The van der Waals surface area contributed by atoms with Crippen LogP contribution in [0.5, 0.6) is 0 Å². The van der Waals surface area contributed by atoms with Crippen LogP contribution < -0.4 is 5.73 Å². The van der Waals surface area contributed by atoms with E-state index < -0.39 is 12.1 Å². The number of aliphatic hydroxyl groups excluding tert-OH is 1. The summed E-state index contributed by atoms with van der Waals surface area (Å²) in [5.74, 6) is -1.60. The molecule has 1 fully saturated rings. The quantitative estimate of drug-likeness (QED) is 0.246. The summed E-state index contributed by atoms with van der Waals surface area (Å²) in [5, 5.41) is 23.6. The predicted octanol–water partition coefficient (Wildman–Crippen LogP) is 5.97. The number of nitrogens with zero attached hydrogens (tertiary/aromatic N) is 4. The smallest absolute Gasteiger partial charge is 0.475 e. The van der Waals surface area contributed by atoms with E-state index in [-0.39, 0.29) is 6.10 Å². The molecule has 0 aromatic carbocycles. The number of hydrogen-bond acceptors (Lipinski definition) is 8. The molecule has 0 atom stereocenters. The molecule has 5 heterocycles. The number of fused-ring (bicyclic) bond motifs is 2. The van der Waals surface area contributed by atoms with Gasteiger partial charge in [-0.2, -0.15) is 18.3 Å². The topological polar surface area (TPSA) is 140 Å². The predicted molar refractivity (Wildman–Crippen MR) is 140 cm³/mol.